The van der Waals surface area contributed by atoms with Crippen molar-refractivity contribution in [1.82, 2.24) is 14.5 Å². The molecule has 0 N–H and O–H groups in total. The number of benzene rings is 3. The third-order valence-electron chi connectivity index (χ3n) is 5.95. The van der Waals surface area contributed by atoms with Crippen LogP contribution in [0.15, 0.2) is 103 Å². The number of rotatable bonds is 7. The number of imidazole rings is 1. The fourth-order valence-electron chi connectivity index (χ4n) is 4.07. The Hall–Kier alpha value is -5.04. The van der Waals surface area contributed by atoms with E-state index in [0.717, 1.165) is 5.56 Å². The highest BCUT2D eigenvalue weighted by atomic mass is 16.5. The molecule has 0 saturated carbocycles. The summed E-state index contributed by atoms with van der Waals surface area (Å²) in [5, 5.41) is 0. The fourth-order valence-corrected chi connectivity index (χ4v) is 4.07. The molecule has 5 rings (SSSR count). The highest BCUT2D eigenvalue weighted by molar-refractivity contribution is 6.12. The quantitative estimate of drug-likeness (QED) is 0.279. The minimum absolute atomic E-state index is 0.00140. The van der Waals surface area contributed by atoms with Crippen LogP contribution < -0.4 is 9.47 Å². The molecule has 7 heteroatoms. The van der Waals surface area contributed by atoms with Gasteiger partial charge in [-0.15, -0.1) is 0 Å². The minimum atomic E-state index is -0.410. The molecule has 7 nitrogen and oxygen atoms in total. The molecule has 0 amide bonds. The average molecular weight is 490 g/mol. The number of ketones is 1. The van der Waals surface area contributed by atoms with Crippen LogP contribution in [-0.2, 0) is 0 Å². The predicted octanol–water partition coefficient (Wildman–Crippen LogP) is 5.55. The summed E-state index contributed by atoms with van der Waals surface area (Å²) >= 11 is 0. The van der Waals surface area contributed by atoms with Crippen LogP contribution in [0.3, 0.4) is 0 Å². The Bertz CT molecular complexity index is 1540. The van der Waals surface area contributed by atoms with Gasteiger partial charge in [-0.05, 0) is 72.8 Å². The number of pyridine rings is 1. The third-order valence-corrected chi connectivity index (χ3v) is 5.95. The van der Waals surface area contributed by atoms with E-state index < -0.39 is 5.78 Å². The highest BCUT2D eigenvalue weighted by Crippen LogP contribution is 2.35. The molecule has 3 aromatic carbocycles. The standard InChI is InChI=1S/C30H23N3O4/c1-36-24-14-10-20(11-15-24)26-27(21-12-16-25(37-2)17-13-21)33(30(35)22-7-4-3-5-8-22)29(32-26)28(34)23-9-6-18-31-19-23/h3-19H,1-2H3. The summed E-state index contributed by atoms with van der Waals surface area (Å²) in [4.78, 5) is 36.5. The lowest BCUT2D eigenvalue weighted by Gasteiger charge is -2.12. The predicted molar refractivity (Wildman–Crippen MR) is 140 cm³/mol. The lowest BCUT2D eigenvalue weighted by atomic mass is 10.0. The van der Waals surface area contributed by atoms with Crippen molar-refractivity contribution in [2.45, 2.75) is 0 Å². The summed E-state index contributed by atoms with van der Waals surface area (Å²) in [5.41, 5.74) is 3.17. The van der Waals surface area contributed by atoms with Crippen molar-refractivity contribution < 1.29 is 19.1 Å². The van der Waals surface area contributed by atoms with Gasteiger partial charge in [-0.2, -0.15) is 0 Å². The maximum absolute atomic E-state index is 14.0. The van der Waals surface area contributed by atoms with E-state index in [1.807, 2.05) is 42.5 Å². The van der Waals surface area contributed by atoms with Gasteiger partial charge in [0.25, 0.3) is 5.91 Å². The number of carbonyl (C=O) groups is 2. The SMILES string of the molecule is COc1ccc(-c2nc(C(=O)c3cccnc3)n(C(=O)c3ccccc3)c2-c2ccc(OC)cc2)cc1. The van der Waals surface area contributed by atoms with Crippen LogP contribution in [0.4, 0.5) is 0 Å². The molecule has 0 fully saturated rings. The molecule has 0 spiro atoms. The van der Waals surface area contributed by atoms with Crippen LogP contribution in [-0.4, -0.2) is 40.4 Å². The zero-order chi connectivity index (χ0) is 25.8. The second-order valence-corrected chi connectivity index (χ2v) is 8.17. The maximum atomic E-state index is 14.0. The molecule has 0 aliphatic carbocycles. The zero-order valence-electron chi connectivity index (χ0n) is 20.3. The molecule has 0 aliphatic heterocycles. The second kappa shape index (κ2) is 10.3. The molecule has 0 saturated heterocycles. The van der Waals surface area contributed by atoms with Crippen LogP contribution in [0.2, 0.25) is 0 Å². The van der Waals surface area contributed by atoms with Crippen LogP contribution in [0.5, 0.6) is 11.5 Å². The smallest absolute Gasteiger partial charge is 0.264 e. The van der Waals surface area contributed by atoms with Gasteiger partial charge in [-0.1, -0.05) is 18.2 Å². The Morgan fingerprint density at radius 2 is 1.30 bits per heavy atom. The van der Waals surface area contributed by atoms with Crippen molar-refractivity contribution in [2.75, 3.05) is 14.2 Å². The van der Waals surface area contributed by atoms with E-state index in [-0.39, 0.29) is 11.7 Å². The molecule has 182 valence electrons. The number of aromatic nitrogens is 3. The Labute approximate surface area is 214 Å². The topological polar surface area (TPSA) is 83.3 Å². The van der Waals surface area contributed by atoms with Gasteiger partial charge in [0.15, 0.2) is 5.82 Å². The van der Waals surface area contributed by atoms with Gasteiger partial charge in [-0.3, -0.25) is 19.1 Å². The summed E-state index contributed by atoms with van der Waals surface area (Å²) in [6, 6.07) is 26.8. The van der Waals surface area contributed by atoms with Crippen molar-refractivity contribution >= 4 is 11.7 Å². The van der Waals surface area contributed by atoms with Gasteiger partial charge in [0.2, 0.25) is 5.78 Å². The first-order chi connectivity index (χ1) is 18.1. The Morgan fingerprint density at radius 1 is 0.703 bits per heavy atom. The zero-order valence-corrected chi connectivity index (χ0v) is 20.3. The van der Waals surface area contributed by atoms with Crippen molar-refractivity contribution in [3.05, 3.63) is 120 Å². The molecule has 5 aromatic rings. The van der Waals surface area contributed by atoms with E-state index in [9.17, 15) is 9.59 Å². The highest BCUT2D eigenvalue weighted by Gasteiger charge is 2.29. The van der Waals surface area contributed by atoms with E-state index in [1.54, 1.807) is 68.9 Å². The average Bonchev–Trinajstić information content (AvgIpc) is 3.38. The monoisotopic (exact) mass is 489 g/mol. The molecule has 2 aromatic heterocycles. The van der Waals surface area contributed by atoms with Gasteiger partial charge in [0.1, 0.15) is 11.5 Å². The first-order valence-corrected chi connectivity index (χ1v) is 11.6. The summed E-state index contributed by atoms with van der Waals surface area (Å²) in [5.74, 6) is 0.569. The van der Waals surface area contributed by atoms with E-state index in [2.05, 4.69) is 4.98 Å². The maximum Gasteiger partial charge on any atom is 0.264 e. The van der Waals surface area contributed by atoms with E-state index >= 15 is 0 Å². The van der Waals surface area contributed by atoms with Crippen LogP contribution in [0, 0.1) is 0 Å². The number of nitrogens with zero attached hydrogens (tertiary/aromatic N) is 3. The summed E-state index contributed by atoms with van der Waals surface area (Å²) in [6.45, 7) is 0. The minimum Gasteiger partial charge on any atom is -0.497 e. The lowest BCUT2D eigenvalue weighted by molar-refractivity contribution is 0.0932. The van der Waals surface area contributed by atoms with Gasteiger partial charge >= 0.3 is 0 Å². The fraction of sp³-hybridized carbons (Fsp3) is 0.0667. The van der Waals surface area contributed by atoms with Crippen LogP contribution in [0.25, 0.3) is 22.5 Å². The molecule has 0 bridgehead atoms. The van der Waals surface area contributed by atoms with Crippen LogP contribution >= 0.6 is 0 Å². The van der Waals surface area contributed by atoms with Gasteiger partial charge < -0.3 is 9.47 Å². The van der Waals surface area contributed by atoms with E-state index in [4.69, 9.17) is 14.5 Å². The molecule has 0 unspecified atom stereocenters. The Balaban J connectivity index is 1.81. The molecule has 0 atom stereocenters. The first kappa shape index (κ1) is 23.7. The van der Waals surface area contributed by atoms with Crippen molar-refractivity contribution in [1.29, 1.82) is 0 Å². The van der Waals surface area contributed by atoms with Gasteiger partial charge in [0, 0.05) is 34.6 Å². The molecule has 0 radical (unpaired) electrons. The largest absolute Gasteiger partial charge is 0.497 e. The molecular weight excluding hydrogens is 466 g/mol. The van der Waals surface area contributed by atoms with Gasteiger partial charge in [-0.25, -0.2) is 4.98 Å². The number of methoxy groups -OCH3 is 2. The molecule has 2 heterocycles. The van der Waals surface area contributed by atoms with E-state index in [1.165, 1.54) is 10.8 Å². The van der Waals surface area contributed by atoms with Crippen LogP contribution in [0.1, 0.15) is 26.5 Å². The first-order valence-electron chi connectivity index (χ1n) is 11.6. The summed E-state index contributed by atoms with van der Waals surface area (Å²) in [7, 11) is 3.18. The van der Waals surface area contributed by atoms with Gasteiger partial charge in [0.05, 0.1) is 25.6 Å². The Kier molecular flexibility index (Phi) is 6.59. The van der Waals surface area contributed by atoms with Crippen molar-refractivity contribution in [3.8, 4) is 34.0 Å². The molecular formula is C30H23N3O4. The molecule has 0 aliphatic rings. The summed E-state index contributed by atoms with van der Waals surface area (Å²) < 4.78 is 12.0. The number of carbonyl (C=O) groups excluding carboxylic acids is 2. The summed E-state index contributed by atoms with van der Waals surface area (Å²) in [6.07, 6.45) is 3.05. The van der Waals surface area contributed by atoms with Crippen molar-refractivity contribution in [2.24, 2.45) is 0 Å². The molecule has 37 heavy (non-hydrogen) atoms. The second-order valence-electron chi connectivity index (χ2n) is 8.17. The normalized spacial score (nSPS) is 10.6. The number of hydrogen-bond donors (Lipinski definition) is 0. The van der Waals surface area contributed by atoms with Crippen molar-refractivity contribution in [3.63, 3.8) is 0 Å². The van der Waals surface area contributed by atoms with E-state index in [0.29, 0.717) is 39.6 Å². The number of ether oxygens (including phenoxy) is 2. The lowest BCUT2D eigenvalue weighted by Crippen LogP contribution is -2.20. The Morgan fingerprint density at radius 3 is 1.86 bits per heavy atom. The third kappa shape index (κ3) is 4.62. The number of hydrogen-bond acceptors (Lipinski definition) is 6.